The second kappa shape index (κ2) is 3.13. The van der Waals surface area contributed by atoms with Crippen LogP contribution in [0.15, 0.2) is 28.7 Å². The normalized spacial score (nSPS) is 10.4. The van der Waals surface area contributed by atoms with Crippen molar-refractivity contribution in [1.29, 1.82) is 5.41 Å². The maximum atomic E-state index is 10.6. The molecule has 1 aromatic heterocycles. The van der Waals surface area contributed by atoms with E-state index in [1.54, 1.807) is 18.2 Å². The number of hydrogen-bond acceptors (Lipinski definition) is 3. The Labute approximate surface area is 84.6 Å². The highest BCUT2D eigenvalue weighted by Crippen LogP contribution is 2.20. The van der Waals surface area contributed by atoms with Crippen LogP contribution in [0.25, 0.3) is 11.0 Å². The molecule has 0 saturated carbocycles. The molecule has 5 heteroatoms. The third-order valence-electron chi connectivity index (χ3n) is 2.04. The maximum Gasteiger partial charge on any atom is 0.371 e. The monoisotopic (exact) mass is 204 g/mol. The molecule has 0 radical (unpaired) electrons. The number of carbonyl (C=O) groups is 1. The van der Waals surface area contributed by atoms with Gasteiger partial charge < -0.3 is 15.3 Å². The van der Waals surface area contributed by atoms with Crippen LogP contribution in [-0.2, 0) is 0 Å². The predicted molar refractivity (Wildman–Crippen MR) is 54.2 cm³/mol. The lowest BCUT2D eigenvalue weighted by atomic mass is 10.1. The number of carboxylic acids is 1. The minimum atomic E-state index is -1.12. The van der Waals surface area contributed by atoms with Crippen LogP contribution < -0.4 is 5.73 Å². The van der Waals surface area contributed by atoms with Crippen LogP contribution in [0.2, 0.25) is 0 Å². The number of rotatable bonds is 2. The van der Waals surface area contributed by atoms with Gasteiger partial charge in [-0.05, 0) is 12.1 Å². The number of fused-ring (bicyclic) bond motifs is 1. The van der Waals surface area contributed by atoms with E-state index in [1.165, 1.54) is 6.07 Å². The zero-order valence-electron chi connectivity index (χ0n) is 7.65. The molecule has 0 bridgehead atoms. The first kappa shape index (κ1) is 9.26. The van der Waals surface area contributed by atoms with Gasteiger partial charge in [0.15, 0.2) is 0 Å². The van der Waals surface area contributed by atoms with Gasteiger partial charge >= 0.3 is 5.97 Å². The van der Waals surface area contributed by atoms with Crippen LogP contribution in [0.5, 0.6) is 0 Å². The molecule has 0 aliphatic heterocycles. The molecule has 4 N–H and O–H groups in total. The van der Waals surface area contributed by atoms with E-state index < -0.39 is 5.97 Å². The molecule has 15 heavy (non-hydrogen) atoms. The molecule has 0 aliphatic rings. The third-order valence-corrected chi connectivity index (χ3v) is 2.04. The Kier molecular flexibility index (Phi) is 1.93. The summed E-state index contributed by atoms with van der Waals surface area (Å²) in [6.45, 7) is 0. The summed E-state index contributed by atoms with van der Waals surface area (Å²) in [4.78, 5) is 10.6. The van der Waals surface area contributed by atoms with E-state index in [9.17, 15) is 4.79 Å². The Hall–Kier alpha value is -2.30. The Balaban J connectivity index is 2.62. The molecule has 0 aliphatic carbocycles. The van der Waals surface area contributed by atoms with Gasteiger partial charge in [-0.25, -0.2) is 4.79 Å². The lowest BCUT2D eigenvalue weighted by Crippen LogP contribution is -2.10. The predicted octanol–water partition coefficient (Wildman–Crippen LogP) is 1.42. The molecule has 1 heterocycles. The summed E-state index contributed by atoms with van der Waals surface area (Å²) in [5.74, 6) is -1.31. The molecule has 0 saturated heterocycles. The average Bonchev–Trinajstić information content (AvgIpc) is 2.59. The number of aromatic carboxylic acids is 1. The topological polar surface area (TPSA) is 100 Å². The summed E-state index contributed by atoms with van der Waals surface area (Å²) in [6.07, 6.45) is 0. The van der Waals surface area contributed by atoms with Crippen LogP contribution >= 0.6 is 0 Å². The smallest absolute Gasteiger partial charge is 0.371 e. The van der Waals surface area contributed by atoms with Crippen molar-refractivity contribution < 1.29 is 14.3 Å². The number of nitrogens with two attached hydrogens (primary N) is 1. The second-order valence-corrected chi connectivity index (χ2v) is 3.08. The van der Waals surface area contributed by atoms with Crippen molar-refractivity contribution in [3.63, 3.8) is 0 Å². The Morgan fingerprint density at radius 3 is 2.73 bits per heavy atom. The molecule has 2 aromatic rings. The van der Waals surface area contributed by atoms with E-state index in [0.717, 1.165) is 0 Å². The maximum absolute atomic E-state index is 10.6. The summed E-state index contributed by atoms with van der Waals surface area (Å²) < 4.78 is 5.07. The van der Waals surface area contributed by atoms with Crippen LogP contribution in [0, 0.1) is 5.41 Å². The molecule has 1 aromatic carbocycles. The van der Waals surface area contributed by atoms with Gasteiger partial charge in [0.25, 0.3) is 0 Å². The number of carboxylic acid groups (broad SMARTS) is 1. The van der Waals surface area contributed by atoms with Crippen molar-refractivity contribution in [2.75, 3.05) is 0 Å². The number of amidine groups is 1. The first-order valence-electron chi connectivity index (χ1n) is 4.19. The molecule has 0 unspecified atom stereocenters. The molecular formula is C10H8N2O3. The third kappa shape index (κ3) is 1.54. The standard InChI is InChI=1S/C10H8N2O3/c11-9(12)6-2-1-5-3-8(10(13)14)15-7(5)4-6/h1-4H,(H3,11,12)(H,13,14). The fraction of sp³-hybridized carbons (Fsp3) is 0. The van der Waals surface area contributed by atoms with Crippen molar-refractivity contribution in [3.05, 3.63) is 35.6 Å². The number of nitrogen functional groups attached to an aromatic ring is 1. The van der Waals surface area contributed by atoms with Crippen LogP contribution in [0.1, 0.15) is 16.1 Å². The molecular weight excluding hydrogens is 196 g/mol. The summed E-state index contributed by atoms with van der Waals surface area (Å²) in [5, 5.41) is 16.6. The fourth-order valence-electron chi connectivity index (χ4n) is 1.30. The lowest BCUT2D eigenvalue weighted by molar-refractivity contribution is 0.0665. The highest BCUT2D eigenvalue weighted by molar-refractivity contribution is 5.99. The molecule has 2 rings (SSSR count). The minimum Gasteiger partial charge on any atom is -0.475 e. The van der Waals surface area contributed by atoms with Crippen LogP contribution in [-0.4, -0.2) is 16.9 Å². The highest BCUT2D eigenvalue weighted by atomic mass is 16.4. The Bertz CT molecular complexity index is 545. The van der Waals surface area contributed by atoms with E-state index in [2.05, 4.69) is 0 Å². The van der Waals surface area contributed by atoms with Crippen LogP contribution in [0.3, 0.4) is 0 Å². The number of benzene rings is 1. The first-order valence-corrected chi connectivity index (χ1v) is 4.19. The van der Waals surface area contributed by atoms with Gasteiger partial charge in [-0.15, -0.1) is 0 Å². The van der Waals surface area contributed by atoms with Gasteiger partial charge in [0.05, 0.1) is 0 Å². The molecule has 76 valence electrons. The molecule has 0 amide bonds. The summed E-state index contributed by atoms with van der Waals surface area (Å²) in [6, 6.07) is 6.29. The van der Waals surface area contributed by atoms with Crippen molar-refractivity contribution in [2.24, 2.45) is 5.73 Å². The summed E-state index contributed by atoms with van der Waals surface area (Å²) in [7, 11) is 0. The van der Waals surface area contributed by atoms with E-state index in [-0.39, 0.29) is 11.6 Å². The molecule has 0 fully saturated rings. The Morgan fingerprint density at radius 1 is 1.40 bits per heavy atom. The van der Waals surface area contributed by atoms with Crippen molar-refractivity contribution in [2.45, 2.75) is 0 Å². The number of furan rings is 1. The first-order chi connectivity index (χ1) is 7.08. The largest absolute Gasteiger partial charge is 0.475 e. The van der Waals surface area contributed by atoms with Gasteiger partial charge in [0.1, 0.15) is 11.4 Å². The lowest BCUT2D eigenvalue weighted by Gasteiger charge is -1.95. The van der Waals surface area contributed by atoms with Gasteiger partial charge in [-0.1, -0.05) is 12.1 Å². The van der Waals surface area contributed by atoms with Crippen LogP contribution in [0.4, 0.5) is 0 Å². The van der Waals surface area contributed by atoms with E-state index in [1.807, 2.05) is 0 Å². The molecule has 0 atom stereocenters. The van der Waals surface area contributed by atoms with E-state index >= 15 is 0 Å². The van der Waals surface area contributed by atoms with Gasteiger partial charge in [0, 0.05) is 10.9 Å². The van der Waals surface area contributed by atoms with Gasteiger partial charge in [0.2, 0.25) is 5.76 Å². The van der Waals surface area contributed by atoms with Crippen molar-refractivity contribution in [3.8, 4) is 0 Å². The minimum absolute atomic E-state index is 0.0785. The zero-order chi connectivity index (χ0) is 11.0. The van der Waals surface area contributed by atoms with Crippen molar-refractivity contribution in [1.82, 2.24) is 0 Å². The highest BCUT2D eigenvalue weighted by Gasteiger charge is 2.10. The quantitative estimate of drug-likeness (QED) is 0.508. The van der Waals surface area contributed by atoms with Gasteiger partial charge in [-0.3, -0.25) is 5.41 Å². The molecule has 0 spiro atoms. The van der Waals surface area contributed by atoms with Gasteiger partial charge in [-0.2, -0.15) is 0 Å². The number of hydrogen-bond donors (Lipinski definition) is 3. The summed E-state index contributed by atoms with van der Waals surface area (Å²) in [5.41, 5.74) is 6.22. The second-order valence-electron chi connectivity index (χ2n) is 3.08. The van der Waals surface area contributed by atoms with E-state index in [4.69, 9.17) is 20.7 Å². The average molecular weight is 204 g/mol. The SMILES string of the molecule is N=C(N)c1ccc2cc(C(=O)O)oc2c1. The molecule has 5 nitrogen and oxygen atoms in total. The van der Waals surface area contributed by atoms with E-state index in [0.29, 0.717) is 16.5 Å². The Morgan fingerprint density at radius 2 is 2.13 bits per heavy atom. The van der Waals surface area contributed by atoms with Crippen molar-refractivity contribution >= 4 is 22.8 Å². The fourth-order valence-corrected chi connectivity index (χ4v) is 1.30. The summed E-state index contributed by atoms with van der Waals surface area (Å²) >= 11 is 0. The number of nitrogens with one attached hydrogen (secondary N) is 1. The zero-order valence-corrected chi connectivity index (χ0v) is 7.65.